The van der Waals surface area contributed by atoms with Crippen LogP contribution >= 0.6 is 0 Å². The monoisotopic (exact) mass is 400 g/mol. The van der Waals surface area contributed by atoms with Crippen LogP contribution in [0, 0.1) is 6.92 Å². The molecule has 1 amide bonds. The van der Waals surface area contributed by atoms with Crippen molar-refractivity contribution in [1.29, 1.82) is 0 Å². The summed E-state index contributed by atoms with van der Waals surface area (Å²) in [5, 5.41) is 3.11. The fraction of sp³-hybridized carbons (Fsp3) is 0.409. The molecule has 5 nitrogen and oxygen atoms in total. The fourth-order valence-electron chi connectivity index (χ4n) is 3.48. The van der Waals surface area contributed by atoms with Gasteiger partial charge in [0, 0.05) is 18.2 Å². The minimum atomic E-state index is -3.62. The zero-order valence-electron chi connectivity index (χ0n) is 16.3. The lowest BCUT2D eigenvalue weighted by Crippen LogP contribution is -2.36. The van der Waals surface area contributed by atoms with Crippen molar-refractivity contribution in [3.05, 3.63) is 59.7 Å². The summed E-state index contributed by atoms with van der Waals surface area (Å²) in [4.78, 5) is 12.3. The average Bonchev–Trinajstić information content (AvgIpc) is 2.69. The van der Waals surface area contributed by atoms with E-state index in [0.717, 1.165) is 24.0 Å². The molecule has 150 valence electrons. The summed E-state index contributed by atoms with van der Waals surface area (Å²) in [6.45, 7) is 1.95. The van der Waals surface area contributed by atoms with Crippen LogP contribution < -0.4 is 10.0 Å². The third kappa shape index (κ3) is 5.83. The lowest BCUT2D eigenvalue weighted by Gasteiger charge is -2.22. The third-order valence-corrected chi connectivity index (χ3v) is 6.55. The Bertz CT molecular complexity index is 884. The van der Waals surface area contributed by atoms with E-state index in [1.54, 1.807) is 36.4 Å². The van der Waals surface area contributed by atoms with Gasteiger partial charge in [0.15, 0.2) is 0 Å². The van der Waals surface area contributed by atoms with Gasteiger partial charge in [-0.1, -0.05) is 49.1 Å². The van der Waals surface area contributed by atoms with Gasteiger partial charge in [-0.25, -0.2) is 8.42 Å². The number of benzene rings is 2. The van der Waals surface area contributed by atoms with Crippen molar-refractivity contribution >= 4 is 21.6 Å². The normalized spacial score (nSPS) is 15.2. The predicted octanol–water partition coefficient (Wildman–Crippen LogP) is 4.18. The van der Waals surface area contributed by atoms with Crippen molar-refractivity contribution in [2.45, 2.75) is 62.8 Å². The fourth-order valence-corrected chi connectivity index (χ4v) is 4.53. The highest BCUT2D eigenvalue weighted by Gasteiger charge is 2.16. The number of rotatable bonds is 7. The maximum atomic E-state index is 12.5. The Kier molecular flexibility index (Phi) is 6.73. The van der Waals surface area contributed by atoms with Crippen molar-refractivity contribution in [3.8, 4) is 0 Å². The number of carbonyl (C=O) groups excluding carboxylic acids is 1. The molecule has 0 bridgehead atoms. The van der Waals surface area contributed by atoms with E-state index in [9.17, 15) is 13.2 Å². The summed E-state index contributed by atoms with van der Waals surface area (Å²) < 4.78 is 27.6. The molecule has 6 heteroatoms. The van der Waals surface area contributed by atoms with E-state index in [4.69, 9.17) is 0 Å². The Hall–Kier alpha value is -2.34. The number of amides is 1. The number of sulfonamides is 1. The van der Waals surface area contributed by atoms with Crippen molar-refractivity contribution in [2.75, 3.05) is 4.72 Å². The van der Waals surface area contributed by atoms with Crippen LogP contribution in [0.4, 0.5) is 5.69 Å². The Morgan fingerprint density at radius 1 is 0.964 bits per heavy atom. The molecule has 0 unspecified atom stereocenters. The lowest BCUT2D eigenvalue weighted by molar-refractivity contribution is -0.121. The van der Waals surface area contributed by atoms with Gasteiger partial charge in [-0.15, -0.1) is 0 Å². The van der Waals surface area contributed by atoms with Gasteiger partial charge < -0.3 is 5.32 Å². The van der Waals surface area contributed by atoms with Crippen molar-refractivity contribution in [1.82, 2.24) is 5.32 Å². The van der Waals surface area contributed by atoms with E-state index in [1.807, 2.05) is 19.1 Å². The molecule has 0 heterocycles. The van der Waals surface area contributed by atoms with E-state index in [-0.39, 0.29) is 10.8 Å². The number of anilines is 1. The van der Waals surface area contributed by atoms with Crippen LogP contribution in [0.2, 0.25) is 0 Å². The highest BCUT2D eigenvalue weighted by atomic mass is 32.2. The number of aryl methyl sites for hydroxylation is 2. The minimum absolute atomic E-state index is 0.0737. The zero-order chi connectivity index (χ0) is 20.0. The van der Waals surface area contributed by atoms with Crippen LogP contribution in [0.1, 0.15) is 49.7 Å². The smallest absolute Gasteiger partial charge is 0.261 e. The summed E-state index contributed by atoms with van der Waals surface area (Å²) in [6, 6.07) is 14.3. The van der Waals surface area contributed by atoms with Gasteiger partial charge in [-0.3, -0.25) is 9.52 Å². The molecule has 1 aliphatic rings. The van der Waals surface area contributed by atoms with Crippen molar-refractivity contribution in [2.24, 2.45) is 0 Å². The Labute approximate surface area is 167 Å². The van der Waals surface area contributed by atoms with Gasteiger partial charge >= 0.3 is 0 Å². The maximum Gasteiger partial charge on any atom is 0.261 e. The van der Waals surface area contributed by atoms with E-state index >= 15 is 0 Å². The first-order valence-corrected chi connectivity index (χ1v) is 11.4. The molecule has 1 aliphatic carbocycles. The van der Waals surface area contributed by atoms with Crippen molar-refractivity contribution < 1.29 is 13.2 Å². The summed E-state index contributed by atoms with van der Waals surface area (Å²) >= 11 is 0. The van der Waals surface area contributed by atoms with Crippen molar-refractivity contribution in [3.63, 3.8) is 0 Å². The topological polar surface area (TPSA) is 75.3 Å². The standard InChI is InChI=1S/C22H28N2O3S/c1-17-7-12-20(13-8-17)24-28(26,27)21-14-9-18(10-15-21)11-16-22(25)23-19-5-3-2-4-6-19/h7-10,12-15,19,24H,2-6,11,16H2,1H3,(H,23,25). The van der Waals surface area contributed by atoms with Gasteiger partial charge in [0.2, 0.25) is 5.91 Å². The number of carbonyl (C=O) groups is 1. The minimum Gasteiger partial charge on any atom is -0.353 e. The molecular formula is C22H28N2O3S. The molecule has 0 atom stereocenters. The zero-order valence-corrected chi connectivity index (χ0v) is 17.1. The van der Waals surface area contributed by atoms with Gasteiger partial charge in [0.1, 0.15) is 0 Å². The van der Waals surface area contributed by atoms with Gasteiger partial charge in [0.05, 0.1) is 4.90 Å². The van der Waals surface area contributed by atoms with Crippen LogP contribution in [0.3, 0.4) is 0 Å². The van der Waals surface area contributed by atoms with Crippen LogP contribution in [0.25, 0.3) is 0 Å². The van der Waals surface area contributed by atoms with Gasteiger partial charge in [-0.2, -0.15) is 0 Å². The summed E-state index contributed by atoms with van der Waals surface area (Å²) in [5.41, 5.74) is 2.56. The number of nitrogens with one attached hydrogen (secondary N) is 2. The van der Waals surface area contributed by atoms with E-state index in [0.29, 0.717) is 24.6 Å². The molecule has 2 aromatic rings. The molecule has 1 saturated carbocycles. The van der Waals surface area contributed by atoms with Crippen LogP contribution in [-0.4, -0.2) is 20.4 Å². The molecule has 1 fully saturated rings. The highest BCUT2D eigenvalue weighted by Crippen LogP contribution is 2.19. The van der Waals surface area contributed by atoms with E-state index < -0.39 is 10.0 Å². The second-order valence-electron chi connectivity index (χ2n) is 7.52. The predicted molar refractivity (Wildman–Crippen MR) is 112 cm³/mol. The molecule has 3 rings (SSSR count). The maximum absolute atomic E-state index is 12.5. The Morgan fingerprint density at radius 3 is 2.25 bits per heavy atom. The summed E-state index contributed by atoms with van der Waals surface area (Å²) in [7, 11) is -3.62. The lowest BCUT2D eigenvalue weighted by atomic mass is 9.95. The molecule has 0 spiro atoms. The second-order valence-corrected chi connectivity index (χ2v) is 9.20. The SMILES string of the molecule is Cc1ccc(NS(=O)(=O)c2ccc(CCC(=O)NC3CCCCC3)cc2)cc1. The van der Waals surface area contributed by atoms with Gasteiger partial charge in [0.25, 0.3) is 10.0 Å². The Morgan fingerprint density at radius 2 is 1.61 bits per heavy atom. The highest BCUT2D eigenvalue weighted by molar-refractivity contribution is 7.92. The molecule has 2 aromatic carbocycles. The number of hydrogen-bond acceptors (Lipinski definition) is 3. The first kappa shape index (κ1) is 20.4. The van der Waals surface area contributed by atoms with Crippen LogP contribution in [0.15, 0.2) is 53.4 Å². The van der Waals surface area contributed by atoms with E-state index in [1.165, 1.54) is 19.3 Å². The quantitative estimate of drug-likeness (QED) is 0.732. The molecule has 28 heavy (non-hydrogen) atoms. The number of hydrogen-bond donors (Lipinski definition) is 2. The summed E-state index contributed by atoms with van der Waals surface area (Å²) in [5.74, 6) is 0.0737. The van der Waals surface area contributed by atoms with Crippen LogP contribution in [-0.2, 0) is 21.2 Å². The van der Waals surface area contributed by atoms with Gasteiger partial charge in [-0.05, 0) is 56.0 Å². The molecule has 0 aromatic heterocycles. The molecule has 0 saturated heterocycles. The first-order chi connectivity index (χ1) is 13.4. The Balaban J connectivity index is 1.53. The second kappa shape index (κ2) is 9.24. The molecule has 2 N–H and O–H groups in total. The summed E-state index contributed by atoms with van der Waals surface area (Å²) in [6.07, 6.45) is 6.82. The average molecular weight is 401 g/mol. The first-order valence-electron chi connectivity index (χ1n) is 9.90. The third-order valence-electron chi connectivity index (χ3n) is 5.15. The molecule has 0 aliphatic heterocycles. The van der Waals surface area contributed by atoms with E-state index in [2.05, 4.69) is 10.0 Å². The molecular weight excluding hydrogens is 372 g/mol. The molecule has 0 radical (unpaired) electrons. The largest absolute Gasteiger partial charge is 0.353 e. The van der Waals surface area contributed by atoms with Crippen LogP contribution in [0.5, 0.6) is 0 Å².